The van der Waals surface area contributed by atoms with Crippen molar-refractivity contribution in [1.29, 1.82) is 5.26 Å². The van der Waals surface area contributed by atoms with Crippen LogP contribution >= 0.6 is 11.3 Å². The van der Waals surface area contributed by atoms with E-state index in [1.807, 2.05) is 0 Å². The maximum Gasteiger partial charge on any atom is 0.107 e. The van der Waals surface area contributed by atoms with E-state index in [2.05, 4.69) is 22.9 Å². The zero-order chi connectivity index (χ0) is 12.1. The third-order valence-electron chi connectivity index (χ3n) is 2.86. The molecule has 92 valence electrons. The van der Waals surface area contributed by atoms with E-state index < -0.39 is 0 Å². The van der Waals surface area contributed by atoms with Crippen LogP contribution in [0.15, 0.2) is 0 Å². The zero-order valence-electron chi connectivity index (χ0n) is 10.1. The van der Waals surface area contributed by atoms with E-state index in [-0.39, 0.29) is 0 Å². The van der Waals surface area contributed by atoms with Crippen LogP contribution in [0.5, 0.6) is 0 Å². The highest BCUT2D eigenvalue weighted by atomic mass is 32.1. The van der Waals surface area contributed by atoms with Gasteiger partial charge in [-0.15, -0.1) is 11.3 Å². The number of aromatic nitrogens is 1. The largest absolute Gasteiger partial charge is 0.379 e. The van der Waals surface area contributed by atoms with Gasteiger partial charge in [0.05, 0.1) is 37.9 Å². The molecule has 1 aromatic rings. The van der Waals surface area contributed by atoms with Crippen molar-refractivity contribution in [3.8, 4) is 6.07 Å². The van der Waals surface area contributed by atoms with Crippen molar-refractivity contribution in [2.24, 2.45) is 0 Å². The first kappa shape index (κ1) is 12.5. The van der Waals surface area contributed by atoms with Gasteiger partial charge in [0.15, 0.2) is 0 Å². The van der Waals surface area contributed by atoms with E-state index >= 15 is 0 Å². The lowest BCUT2D eigenvalue weighted by atomic mass is 10.2. The monoisotopic (exact) mass is 251 g/mol. The van der Waals surface area contributed by atoms with Crippen molar-refractivity contribution in [3.63, 3.8) is 0 Å². The van der Waals surface area contributed by atoms with Gasteiger partial charge in [0.2, 0.25) is 0 Å². The van der Waals surface area contributed by atoms with Gasteiger partial charge in [-0.1, -0.05) is 6.92 Å². The molecular formula is C12H17N3OS. The SMILES string of the molecule is CCc1nc(CN2CCOCC2)sc1CC#N. The summed E-state index contributed by atoms with van der Waals surface area (Å²) < 4.78 is 5.32. The maximum absolute atomic E-state index is 8.77. The van der Waals surface area contributed by atoms with Crippen LogP contribution in [0.25, 0.3) is 0 Å². The van der Waals surface area contributed by atoms with Crippen molar-refractivity contribution < 1.29 is 4.74 Å². The minimum atomic E-state index is 0.490. The van der Waals surface area contributed by atoms with Gasteiger partial charge < -0.3 is 4.74 Å². The van der Waals surface area contributed by atoms with Crippen molar-refractivity contribution >= 4 is 11.3 Å². The molecule has 5 heteroatoms. The zero-order valence-corrected chi connectivity index (χ0v) is 10.9. The molecule has 1 aromatic heterocycles. The molecule has 2 rings (SSSR count). The van der Waals surface area contributed by atoms with Crippen LogP contribution < -0.4 is 0 Å². The van der Waals surface area contributed by atoms with E-state index in [1.54, 1.807) is 11.3 Å². The van der Waals surface area contributed by atoms with Crippen LogP contribution in [0, 0.1) is 11.3 Å². The first-order valence-electron chi connectivity index (χ1n) is 5.98. The summed E-state index contributed by atoms with van der Waals surface area (Å²) in [6.45, 7) is 6.58. The number of thiazole rings is 1. The van der Waals surface area contributed by atoms with Gasteiger partial charge in [-0.05, 0) is 6.42 Å². The summed E-state index contributed by atoms with van der Waals surface area (Å²) in [6.07, 6.45) is 1.40. The molecule has 1 aliphatic rings. The summed E-state index contributed by atoms with van der Waals surface area (Å²) in [5.74, 6) is 0. The molecule has 1 aliphatic heterocycles. The Morgan fingerprint density at radius 3 is 2.88 bits per heavy atom. The fourth-order valence-electron chi connectivity index (χ4n) is 1.94. The van der Waals surface area contributed by atoms with Crippen LogP contribution in [0.1, 0.15) is 22.5 Å². The summed E-state index contributed by atoms with van der Waals surface area (Å²) in [5, 5.41) is 9.91. The fraction of sp³-hybridized carbons (Fsp3) is 0.667. The molecule has 0 unspecified atom stereocenters. The molecule has 1 fully saturated rings. The van der Waals surface area contributed by atoms with Gasteiger partial charge >= 0.3 is 0 Å². The minimum Gasteiger partial charge on any atom is -0.379 e. The van der Waals surface area contributed by atoms with Crippen LogP contribution in [-0.4, -0.2) is 36.2 Å². The van der Waals surface area contributed by atoms with Crippen LogP contribution in [0.4, 0.5) is 0 Å². The Morgan fingerprint density at radius 1 is 1.47 bits per heavy atom. The molecule has 0 aromatic carbocycles. The quantitative estimate of drug-likeness (QED) is 0.815. The molecule has 17 heavy (non-hydrogen) atoms. The van der Waals surface area contributed by atoms with Crippen LogP contribution in [-0.2, 0) is 24.1 Å². The predicted octanol–water partition coefficient (Wildman–Crippen LogP) is 1.60. The van der Waals surface area contributed by atoms with Crippen LogP contribution in [0.3, 0.4) is 0 Å². The molecule has 2 heterocycles. The first-order valence-corrected chi connectivity index (χ1v) is 6.79. The van der Waals surface area contributed by atoms with Gasteiger partial charge in [0, 0.05) is 18.0 Å². The van der Waals surface area contributed by atoms with Crippen molar-refractivity contribution in [2.75, 3.05) is 26.3 Å². The van der Waals surface area contributed by atoms with Gasteiger partial charge in [0.25, 0.3) is 0 Å². The van der Waals surface area contributed by atoms with Gasteiger partial charge in [-0.25, -0.2) is 4.98 Å². The lowest BCUT2D eigenvalue weighted by Gasteiger charge is -2.25. The maximum atomic E-state index is 8.77. The number of hydrogen-bond acceptors (Lipinski definition) is 5. The second kappa shape index (κ2) is 6.10. The molecule has 0 atom stereocenters. The van der Waals surface area contributed by atoms with E-state index in [9.17, 15) is 0 Å². The van der Waals surface area contributed by atoms with Crippen LogP contribution in [0.2, 0.25) is 0 Å². The Bertz CT molecular complexity index is 404. The molecule has 0 bridgehead atoms. The summed E-state index contributed by atoms with van der Waals surface area (Å²) in [4.78, 5) is 8.12. The Labute approximate surface area is 106 Å². The van der Waals surface area contributed by atoms with Crippen molar-refractivity contribution in [1.82, 2.24) is 9.88 Å². The van der Waals surface area contributed by atoms with Crippen molar-refractivity contribution in [2.45, 2.75) is 26.3 Å². The molecule has 0 saturated carbocycles. The molecule has 0 aliphatic carbocycles. The van der Waals surface area contributed by atoms with Gasteiger partial charge in [0.1, 0.15) is 5.01 Å². The molecule has 0 amide bonds. The molecule has 0 N–H and O–H groups in total. The first-order chi connectivity index (χ1) is 8.33. The second-order valence-corrected chi connectivity index (χ2v) is 5.22. The van der Waals surface area contributed by atoms with E-state index in [0.717, 1.165) is 54.8 Å². The Hall–Kier alpha value is -0.960. The Balaban J connectivity index is 2.02. The molecular weight excluding hydrogens is 234 g/mol. The third kappa shape index (κ3) is 3.25. The summed E-state index contributed by atoms with van der Waals surface area (Å²) in [6, 6.07) is 2.21. The molecule has 4 nitrogen and oxygen atoms in total. The average molecular weight is 251 g/mol. The third-order valence-corrected chi connectivity index (χ3v) is 3.94. The normalized spacial score (nSPS) is 16.9. The minimum absolute atomic E-state index is 0.490. The summed E-state index contributed by atoms with van der Waals surface area (Å²) in [5.41, 5.74) is 1.10. The average Bonchev–Trinajstić information content (AvgIpc) is 2.73. The van der Waals surface area contributed by atoms with Gasteiger partial charge in [-0.2, -0.15) is 5.26 Å². The predicted molar refractivity (Wildman–Crippen MR) is 66.9 cm³/mol. The number of ether oxygens (including phenoxy) is 1. The van der Waals surface area contributed by atoms with E-state index in [0.29, 0.717) is 6.42 Å². The van der Waals surface area contributed by atoms with Crippen molar-refractivity contribution in [3.05, 3.63) is 15.6 Å². The number of hydrogen-bond donors (Lipinski definition) is 0. The summed E-state index contributed by atoms with van der Waals surface area (Å²) in [7, 11) is 0. The highest BCUT2D eigenvalue weighted by Crippen LogP contribution is 2.21. The van der Waals surface area contributed by atoms with Gasteiger partial charge in [-0.3, -0.25) is 4.90 Å². The smallest absolute Gasteiger partial charge is 0.107 e. The Morgan fingerprint density at radius 2 is 2.24 bits per heavy atom. The fourth-order valence-corrected chi connectivity index (χ4v) is 3.07. The summed E-state index contributed by atoms with van der Waals surface area (Å²) >= 11 is 1.69. The topological polar surface area (TPSA) is 49.2 Å². The Kier molecular flexibility index (Phi) is 4.49. The lowest BCUT2D eigenvalue weighted by molar-refractivity contribution is 0.0341. The molecule has 0 radical (unpaired) electrons. The van der Waals surface area contributed by atoms with E-state index in [4.69, 9.17) is 10.00 Å². The number of nitriles is 1. The lowest BCUT2D eigenvalue weighted by Crippen LogP contribution is -2.35. The number of aryl methyl sites for hydroxylation is 1. The highest BCUT2D eigenvalue weighted by Gasteiger charge is 2.15. The van der Waals surface area contributed by atoms with E-state index in [1.165, 1.54) is 0 Å². The molecule has 1 saturated heterocycles. The molecule has 0 spiro atoms. The standard InChI is InChI=1S/C12H17N3OS/c1-2-10-11(3-4-13)17-12(14-10)9-15-5-7-16-8-6-15/h2-3,5-9H2,1H3. The highest BCUT2D eigenvalue weighted by molar-refractivity contribution is 7.11. The number of morpholine rings is 1. The number of rotatable bonds is 4. The number of nitrogens with zero attached hydrogens (tertiary/aromatic N) is 3. The second-order valence-electron chi connectivity index (χ2n) is 4.05.